The Kier molecular flexibility index (Phi) is 6.96. The maximum atomic E-state index is 12.8. The van der Waals surface area contributed by atoms with Crippen molar-refractivity contribution < 1.29 is 14.4 Å². The number of benzene rings is 2. The molecule has 0 fully saturated rings. The van der Waals surface area contributed by atoms with Crippen LogP contribution in [0.15, 0.2) is 48.5 Å². The van der Waals surface area contributed by atoms with Crippen LogP contribution in [-0.2, 0) is 10.2 Å². The van der Waals surface area contributed by atoms with Crippen LogP contribution in [0.2, 0.25) is 0 Å². The van der Waals surface area contributed by atoms with Gasteiger partial charge in [0.25, 0.3) is 5.91 Å². The number of Topliss-reactive ketones (excluding diaryl/α,β-unsaturated/α-hetero) is 1. The van der Waals surface area contributed by atoms with E-state index in [1.54, 1.807) is 36.4 Å². The van der Waals surface area contributed by atoms with Crippen LogP contribution in [0.1, 0.15) is 67.8 Å². The molecule has 2 rings (SSSR count). The third-order valence-electron chi connectivity index (χ3n) is 4.79. The summed E-state index contributed by atoms with van der Waals surface area (Å²) in [5.41, 5.74) is 2.70. The van der Waals surface area contributed by atoms with Crippen molar-refractivity contribution in [2.75, 3.05) is 5.32 Å². The van der Waals surface area contributed by atoms with Crippen molar-refractivity contribution in [2.24, 2.45) is 5.92 Å². The Hall–Kier alpha value is -2.95. The second kappa shape index (κ2) is 9.03. The summed E-state index contributed by atoms with van der Waals surface area (Å²) in [6.07, 6.45) is 0. The zero-order chi connectivity index (χ0) is 21.8. The summed E-state index contributed by atoms with van der Waals surface area (Å²) >= 11 is 0. The van der Waals surface area contributed by atoms with Gasteiger partial charge in [-0.3, -0.25) is 14.4 Å². The van der Waals surface area contributed by atoms with E-state index in [0.717, 1.165) is 5.56 Å². The lowest BCUT2D eigenvalue weighted by molar-refractivity contribution is -0.118. The lowest BCUT2D eigenvalue weighted by Crippen LogP contribution is -2.47. The number of rotatable bonds is 6. The SMILES string of the molecule is CC(=O)c1cccc(NC(=O)C(NC(=O)c2ccc(C(C)(C)C)cc2)C(C)C)c1. The molecule has 5 nitrogen and oxygen atoms in total. The zero-order valence-electron chi connectivity index (χ0n) is 18.0. The highest BCUT2D eigenvalue weighted by molar-refractivity contribution is 6.02. The van der Waals surface area contributed by atoms with Crippen molar-refractivity contribution in [3.63, 3.8) is 0 Å². The number of ketones is 1. The number of nitrogens with one attached hydrogen (secondary N) is 2. The van der Waals surface area contributed by atoms with E-state index in [2.05, 4.69) is 31.4 Å². The first kappa shape index (κ1) is 22.3. The van der Waals surface area contributed by atoms with Crippen LogP contribution in [0.4, 0.5) is 5.69 Å². The Morgan fingerprint density at radius 2 is 1.52 bits per heavy atom. The average molecular weight is 395 g/mol. The molecule has 1 unspecified atom stereocenters. The Balaban J connectivity index is 2.13. The van der Waals surface area contributed by atoms with Gasteiger partial charge in [0.15, 0.2) is 5.78 Å². The minimum absolute atomic E-state index is 0.00374. The second-order valence-corrected chi connectivity index (χ2v) is 8.65. The molecule has 0 spiro atoms. The Morgan fingerprint density at radius 3 is 2.03 bits per heavy atom. The van der Waals surface area contributed by atoms with E-state index < -0.39 is 6.04 Å². The van der Waals surface area contributed by atoms with Gasteiger partial charge in [-0.15, -0.1) is 0 Å². The predicted octanol–water partition coefficient (Wildman–Crippen LogP) is 4.58. The van der Waals surface area contributed by atoms with Crippen molar-refractivity contribution in [3.8, 4) is 0 Å². The van der Waals surface area contributed by atoms with Gasteiger partial charge in [0.2, 0.25) is 5.91 Å². The Labute approximate surface area is 172 Å². The first-order valence-corrected chi connectivity index (χ1v) is 9.82. The summed E-state index contributed by atoms with van der Waals surface area (Å²) < 4.78 is 0. The second-order valence-electron chi connectivity index (χ2n) is 8.65. The maximum absolute atomic E-state index is 12.8. The molecule has 154 valence electrons. The van der Waals surface area contributed by atoms with Crippen LogP contribution in [0, 0.1) is 5.92 Å². The third-order valence-corrected chi connectivity index (χ3v) is 4.79. The summed E-state index contributed by atoms with van der Waals surface area (Å²) in [5.74, 6) is -0.797. The molecule has 2 amide bonds. The largest absolute Gasteiger partial charge is 0.340 e. The van der Waals surface area contributed by atoms with E-state index in [1.165, 1.54) is 6.92 Å². The molecule has 0 bridgehead atoms. The van der Waals surface area contributed by atoms with Gasteiger partial charge < -0.3 is 10.6 Å². The molecule has 29 heavy (non-hydrogen) atoms. The molecule has 5 heteroatoms. The first-order chi connectivity index (χ1) is 13.5. The van der Waals surface area contributed by atoms with Gasteiger partial charge in [-0.25, -0.2) is 0 Å². The number of hydrogen-bond donors (Lipinski definition) is 2. The monoisotopic (exact) mass is 394 g/mol. The van der Waals surface area contributed by atoms with Gasteiger partial charge in [-0.2, -0.15) is 0 Å². The average Bonchev–Trinajstić information content (AvgIpc) is 2.65. The molecule has 0 aliphatic heterocycles. The molecule has 2 N–H and O–H groups in total. The topological polar surface area (TPSA) is 75.3 Å². The zero-order valence-corrected chi connectivity index (χ0v) is 18.0. The fraction of sp³-hybridized carbons (Fsp3) is 0.375. The minimum Gasteiger partial charge on any atom is -0.340 e. The van der Waals surface area contributed by atoms with Gasteiger partial charge in [0.05, 0.1) is 0 Å². The van der Waals surface area contributed by atoms with Crippen molar-refractivity contribution in [3.05, 3.63) is 65.2 Å². The highest BCUT2D eigenvalue weighted by atomic mass is 16.2. The fourth-order valence-corrected chi connectivity index (χ4v) is 2.92. The molecule has 0 heterocycles. The van der Waals surface area contributed by atoms with Crippen LogP contribution < -0.4 is 10.6 Å². The molecular weight excluding hydrogens is 364 g/mol. The molecule has 0 saturated heterocycles. The molecule has 0 saturated carbocycles. The summed E-state index contributed by atoms with van der Waals surface area (Å²) in [7, 11) is 0. The number of carbonyl (C=O) groups is 3. The summed E-state index contributed by atoms with van der Waals surface area (Å²) in [6, 6.07) is 13.5. The van der Waals surface area contributed by atoms with E-state index >= 15 is 0 Å². The highest BCUT2D eigenvalue weighted by Crippen LogP contribution is 2.22. The molecule has 2 aromatic carbocycles. The molecule has 0 radical (unpaired) electrons. The van der Waals surface area contributed by atoms with Gasteiger partial charge in [0, 0.05) is 16.8 Å². The van der Waals surface area contributed by atoms with Crippen LogP contribution in [0.5, 0.6) is 0 Å². The summed E-state index contributed by atoms with van der Waals surface area (Å²) in [4.78, 5) is 37.0. The lowest BCUT2D eigenvalue weighted by Gasteiger charge is -2.22. The molecular formula is C24H30N2O3. The van der Waals surface area contributed by atoms with Crippen molar-refractivity contribution in [2.45, 2.75) is 53.0 Å². The fourth-order valence-electron chi connectivity index (χ4n) is 2.92. The summed E-state index contributed by atoms with van der Waals surface area (Å²) in [6.45, 7) is 11.6. The molecule has 0 aromatic heterocycles. The maximum Gasteiger partial charge on any atom is 0.251 e. The van der Waals surface area contributed by atoms with Crippen LogP contribution in [0.25, 0.3) is 0 Å². The van der Waals surface area contributed by atoms with Gasteiger partial charge in [0.1, 0.15) is 6.04 Å². The third kappa shape index (κ3) is 6.01. The van der Waals surface area contributed by atoms with E-state index in [-0.39, 0.29) is 28.9 Å². The molecule has 0 aliphatic carbocycles. The van der Waals surface area contributed by atoms with Crippen LogP contribution in [-0.4, -0.2) is 23.6 Å². The Bertz CT molecular complexity index is 893. The van der Waals surface area contributed by atoms with E-state index in [1.807, 2.05) is 26.0 Å². The van der Waals surface area contributed by atoms with Crippen molar-refractivity contribution >= 4 is 23.3 Å². The molecule has 2 aromatic rings. The normalized spacial score (nSPS) is 12.4. The van der Waals surface area contributed by atoms with Gasteiger partial charge in [-0.05, 0) is 48.1 Å². The van der Waals surface area contributed by atoms with Crippen molar-refractivity contribution in [1.29, 1.82) is 0 Å². The number of hydrogen-bond acceptors (Lipinski definition) is 3. The van der Waals surface area contributed by atoms with Crippen LogP contribution >= 0.6 is 0 Å². The predicted molar refractivity (Wildman–Crippen MR) is 116 cm³/mol. The highest BCUT2D eigenvalue weighted by Gasteiger charge is 2.25. The van der Waals surface area contributed by atoms with E-state index in [0.29, 0.717) is 16.8 Å². The minimum atomic E-state index is -0.703. The van der Waals surface area contributed by atoms with Gasteiger partial charge >= 0.3 is 0 Å². The smallest absolute Gasteiger partial charge is 0.251 e. The van der Waals surface area contributed by atoms with E-state index in [4.69, 9.17) is 0 Å². The van der Waals surface area contributed by atoms with Gasteiger partial charge in [-0.1, -0.05) is 58.9 Å². The molecule has 1 atom stereocenters. The number of carbonyl (C=O) groups excluding carboxylic acids is 3. The first-order valence-electron chi connectivity index (χ1n) is 9.82. The number of amides is 2. The standard InChI is InChI=1S/C24H30N2O3/c1-15(2)21(23(29)25-20-9-7-8-18(14-20)16(3)27)26-22(28)17-10-12-19(13-11-17)24(4,5)6/h7-15,21H,1-6H3,(H,25,29)(H,26,28). The van der Waals surface area contributed by atoms with E-state index in [9.17, 15) is 14.4 Å². The summed E-state index contributed by atoms with van der Waals surface area (Å²) in [5, 5.41) is 5.63. The molecule has 0 aliphatic rings. The number of anilines is 1. The Morgan fingerprint density at radius 1 is 0.897 bits per heavy atom. The van der Waals surface area contributed by atoms with Crippen LogP contribution in [0.3, 0.4) is 0 Å². The van der Waals surface area contributed by atoms with Crippen molar-refractivity contribution in [1.82, 2.24) is 5.32 Å². The quantitative estimate of drug-likeness (QED) is 0.704. The lowest BCUT2D eigenvalue weighted by atomic mass is 9.86.